The number of rotatable bonds is 3. The molecule has 1 aromatic rings. The molecule has 0 aliphatic carbocycles. The molecule has 0 amide bonds. The Hall–Kier alpha value is -1.91. The van der Waals surface area contributed by atoms with Crippen molar-refractivity contribution in [2.75, 3.05) is 5.73 Å². The number of nitro benzene ring substituents is 2. The SMILES string of the molecule is Nc1c([N+](=O)[O-])cc([S+](N)[O-])cc1[N+](=O)[O-]. The van der Waals surface area contributed by atoms with Gasteiger partial charge in [-0.25, -0.2) is 0 Å². The van der Waals surface area contributed by atoms with Gasteiger partial charge >= 0.3 is 11.4 Å². The van der Waals surface area contributed by atoms with Crippen LogP contribution in [0.2, 0.25) is 0 Å². The number of benzene rings is 1. The molecule has 0 spiro atoms. The van der Waals surface area contributed by atoms with Gasteiger partial charge in [-0.1, -0.05) is 0 Å². The maximum Gasteiger partial charge on any atom is 0.304 e. The Morgan fingerprint density at radius 1 is 1.12 bits per heavy atom. The fourth-order valence-electron chi connectivity index (χ4n) is 1.02. The van der Waals surface area contributed by atoms with Crippen LogP contribution in [0, 0.1) is 20.2 Å². The first-order chi connectivity index (χ1) is 7.34. The average Bonchev–Trinajstić information content (AvgIpc) is 2.16. The van der Waals surface area contributed by atoms with Crippen LogP contribution in [0.5, 0.6) is 0 Å². The van der Waals surface area contributed by atoms with Gasteiger partial charge in [0.1, 0.15) is 0 Å². The Morgan fingerprint density at radius 2 is 1.50 bits per heavy atom. The van der Waals surface area contributed by atoms with Crippen LogP contribution in [0.25, 0.3) is 0 Å². The highest BCUT2D eigenvalue weighted by Gasteiger charge is 2.27. The van der Waals surface area contributed by atoms with Gasteiger partial charge in [-0.3, -0.25) is 20.2 Å². The summed E-state index contributed by atoms with van der Waals surface area (Å²) in [5.41, 5.74) is 3.25. The molecule has 0 saturated heterocycles. The predicted octanol–water partition coefficient (Wildman–Crippen LogP) is 0.0665. The molecule has 0 fully saturated rings. The van der Waals surface area contributed by atoms with E-state index in [4.69, 9.17) is 10.9 Å². The maximum atomic E-state index is 10.9. The van der Waals surface area contributed by atoms with Crippen molar-refractivity contribution in [3.05, 3.63) is 32.4 Å². The van der Waals surface area contributed by atoms with E-state index in [1.165, 1.54) is 0 Å². The van der Waals surface area contributed by atoms with Crippen molar-refractivity contribution >= 4 is 28.4 Å². The van der Waals surface area contributed by atoms with Crippen LogP contribution in [0.4, 0.5) is 17.1 Å². The molecular formula is C6H6N4O5S. The molecule has 10 heteroatoms. The summed E-state index contributed by atoms with van der Waals surface area (Å²) < 4.78 is 10.9. The van der Waals surface area contributed by atoms with Gasteiger partial charge in [0.25, 0.3) is 0 Å². The average molecular weight is 246 g/mol. The van der Waals surface area contributed by atoms with E-state index in [-0.39, 0.29) is 4.90 Å². The largest absolute Gasteiger partial charge is 0.593 e. The minimum Gasteiger partial charge on any atom is -0.593 e. The number of hydrogen-bond donors (Lipinski definition) is 2. The number of nitrogen functional groups attached to an aromatic ring is 1. The summed E-state index contributed by atoms with van der Waals surface area (Å²) in [5.74, 6) is 0. The second-order valence-electron chi connectivity index (χ2n) is 2.69. The standard InChI is InChI=1S/C6H6N4O5S/c7-6-4(9(11)12)1-3(16(8)15)2-5(6)10(13)14/h1-2H,7-8H2. The van der Waals surface area contributed by atoms with Crippen LogP contribution in [-0.4, -0.2) is 14.4 Å². The summed E-state index contributed by atoms with van der Waals surface area (Å²) in [6.07, 6.45) is 0. The zero-order chi connectivity index (χ0) is 12.5. The van der Waals surface area contributed by atoms with Gasteiger partial charge < -0.3 is 10.3 Å². The van der Waals surface area contributed by atoms with Crippen molar-refractivity contribution in [3.63, 3.8) is 0 Å². The molecule has 0 saturated carbocycles. The Kier molecular flexibility index (Phi) is 3.27. The molecular weight excluding hydrogens is 240 g/mol. The summed E-state index contributed by atoms with van der Waals surface area (Å²) in [4.78, 5) is 19.0. The van der Waals surface area contributed by atoms with Crippen molar-refractivity contribution in [3.8, 4) is 0 Å². The lowest BCUT2D eigenvalue weighted by Crippen LogP contribution is -2.13. The van der Waals surface area contributed by atoms with Gasteiger partial charge in [0, 0.05) is 0 Å². The van der Waals surface area contributed by atoms with Crippen LogP contribution in [0.1, 0.15) is 0 Å². The lowest BCUT2D eigenvalue weighted by atomic mass is 10.2. The second-order valence-corrected chi connectivity index (χ2v) is 3.75. The van der Waals surface area contributed by atoms with Crippen LogP contribution >= 0.6 is 0 Å². The van der Waals surface area contributed by atoms with Crippen LogP contribution in [0.15, 0.2) is 17.0 Å². The minimum absolute atomic E-state index is 0.229. The third-order valence-electron chi connectivity index (χ3n) is 1.74. The zero-order valence-electron chi connectivity index (χ0n) is 7.65. The first-order valence-electron chi connectivity index (χ1n) is 3.73. The third kappa shape index (κ3) is 2.18. The van der Waals surface area contributed by atoms with Gasteiger partial charge in [0.2, 0.25) is 0 Å². The number of nitro groups is 2. The van der Waals surface area contributed by atoms with Crippen molar-refractivity contribution < 1.29 is 14.4 Å². The molecule has 16 heavy (non-hydrogen) atoms. The van der Waals surface area contributed by atoms with Crippen LogP contribution < -0.4 is 10.9 Å². The fraction of sp³-hybridized carbons (Fsp3) is 0. The van der Waals surface area contributed by atoms with E-state index in [1.54, 1.807) is 0 Å². The number of anilines is 1. The Morgan fingerprint density at radius 3 is 1.75 bits per heavy atom. The summed E-state index contributed by atoms with van der Waals surface area (Å²) >= 11 is -2.06. The predicted molar refractivity (Wildman–Crippen MR) is 54.8 cm³/mol. The molecule has 4 N–H and O–H groups in total. The monoisotopic (exact) mass is 246 g/mol. The fourth-order valence-corrected chi connectivity index (χ4v) is 1.47. The van der Waals surface area contributed by atoms with E-state index in [9.17, 15) is 24.8 Å². The summed E-state index contributed by atoms with van der Waals surface area (Å²) in [6, 6.07) is 1.69. The Balaban J connectivity index is 3.51. The number of nitrogens with zero attached hydrogens (tertiary/aromatic N) is 2. The molecule has 9 nitrogen and oxygen atoms in total. The topological polar surface area (TPSA) is 161 Å². The molecule has 86 valence electrons. The first-order valence-corrected chi connectivity index (χ1v) is 4.94. The van der Waals surface area contributed by atoms with Crippen molar-refractivity contribution in [1.82, 2.24) is 0 Å². The second kappa shape index (κ2) is 4.30. The van der Waals surface area contributed by atoms with E-state index in [0.717, 1.165) is 12.1 Å². The highest BCUT2D eigenvalue weighted by atomic mass is 32.2. The molecule has 0 aliphatic heterocycles. The summed E-state index contributed by atoms with van der Waals surface area (Å²) in [7, 11) is 0. The van der Waals surface area contributed by atoms with Gasteiger partial charge in [-0.2, -0.15) is 0 Å². The smallest absolute Gasteiger partial charge is 0.304 e. The van der Waals surface area contributed by atoms with E-state index < -0.39 is 38.3 Å². The van der Waals surface area contributed by atoms with Crippen LogP contribution in [0.3, 0.4) is 0 Å². The van der Waals surface area contributed by atoms with Gasteiger partial charge in [0.15, 0.2) is 10.6 Å². The van der Waals surface area contributed by atoms with Gasteiger partial charge in [-0.05, 0) is 0 Å². The summed E-state index contributed by atoms with van der Waals surface area (Å²) in [5, 5.41) is 26.1. The Labute approximate surface area is 91.6 Å². The first kappa shape index (κ1) is 12.2. The van der Waals surface area contributed by atoms with Crippen molar-refractivity contribution in [1.29, 1.82) is 0 Å². The molecule has 1 aromatic carbocycles. The molecule has 0 radical (unpaired) electrons. The molecule has 1 unspecified atom stereocenters. The number of hydrogen-bond acceptors (Lipinski definition) is 7. The van der Waals surface area contributed by atoms with Gasteiger partial charge in [0.05, 0.1) is 33.3 Å². The zero-order valence-corrected chi connectivity index (χ0v) is 8.47. The molecule has 0 aliphatic rings. The third-order valence-corrected chi connectivity index (χ3v) is 2.44. The minimum atomic E-state index is -2.06. The Bertz CT molecular complexity index is 427. The molecule has 0 aromatic heterocycles. The normalized spacial score (nSPS) is 12.1. The van der Waals surface area contributed by atoms with E-state index in [1.807, 2.05) is 0 Å². The van der Waals surface area contributed by atoms with Crippen molar-refractivity contribution in [2.24, 2.45) is 5.14 Å². The quantitative estimate of drug-likeness (QED) is 0.329. The van der Waals surface area contributed by atoms with E-state index in [0.29, 0.717) is 0 Å². The lowest BCUT2D eigenvalue weighted by molar-refractivity contribution is -0.392. The molecule has 0 bridgehead atoms. The van der Waals surface area contributed by atoms with Crippen LogP contribution in [-0.2, 0) is 11.4 Å². The molecule has 0 heterocycles. The summed E-state index contributed by atoms with van der Waals surface area (Å²) in [6.45, 7) is 0. The molecule has 1 atom stereocenters. The highest BCUT2D eigenvalue weighted by Crippen LogP contribution is 2.33. The lowest BCUT2D eigenvalue weighted by Gasteiger charge is -2.04. The maximum absolute atomic E-state index is 10.9. The van der Waals surface area contributed by atoms with Crippen molar-refractivity contribution in [2.45, 2.75) is 4.90 Å². The van der Waals surface area contributed by atoms with E-state index >= 15 is 0 Å². The van der Waals surface area contributed by atoms with Gasteiger partial charge in [-0.15, -0.1) is 5.14 Å². The molecule has 1 rings (SSSR count). The highest BCUT2D eigenvalue weighted by molar-refractivity contribution is 7.89. The van der Waals surface area contributed by atoms with E-state index in [2.05, 4.69) is 0 Å². The number of nitrogens with two attached hydrogens (primary N) is 2.